The van der Waals surface area contributed by atoms with Crippen LogP contribution >= 0.6 is 23.2 Å². The fourth-order valence-corrected chi connectivity index (χ4v) is 2.45. The van der Waals surface area contributed by atoms with Gasteiger partial charge in [-0.2, -0.15) is 0 Å². The summed E-state index contributed by atoms with van der Waals surface area (Å²) in [7, 11) is 3.25. The molecule has 0 heterocycles. The number of benzene rings is 1. The fourth-order valence-electron chi connectivity index (χ4n) is 1.95. The lowest BCUT2D eigenvalue weighted by Gasteiger charge is -2.12. The van der Waals surface area contributed by atoms with Crippen LogP contribution < -0.4 is 16.0 Å². The van der Waals surface area contributed by atoms with Crippen molar-refractivity contribution < 1.29 is 9.53 Å². The van der Waals surface area contributed by atoms with E-state index >= 15 is 0 Å². The van der Waals surface area contributed by atoms with Crippen molar-refractivity contribution in [3.63, 3.8) is 0 Å². The highest BCUT2D eigenvalue weighted by molar-refractivity contribution is 6.35. The molecule has 134 valence electrons. The van der Waals surface area contributed by atoms with E-state index in [1.54, 1.807) is 20.2 Å². The average Bonchev–Trinajstić information content (AvgIpc) is 2.56. The molecular weight excluding hydrogens is 351 g/mol. The van der Waals surface area contributed by atoms with Crippen LogP contribution in [0.25, 0.3) is 0 Å². The summed E-state index contributed by atoms with van der Waals surface area (Å²) in [6.45, 7) is 1.85. The number of hydrogen-bond acceptors (Lipinski definition) is 3. The summed E-state index contributed by atoms with van der Waals surface area (Å²) in [4.78, 5) is 15.7. The van der Waals surface area contributed by atoms with Gasteiger partial charge in [0.05, 0.1) is 13.2 Å². The van der Waals surface area contributed by atoms with Crippen LogP contribution in [0.4, 0.5) is 0 Å². The number of aryl methyl sites for hydroxylation is 1. The summed E-state index contributed by atoms with van der Waals surface area (Å²) in [5.41, 5.74) is 1.06. The maximum atomic E-state index is 11.6. The zero-order chi connectivity index (χ0) is 17.8. The Balaban J connectivity index is 2.23. The number of rotatable bonds is 9. The predicted molar refractivity (Wildman–Crippen MR) is 99.0 cm³/mol. The normalized spacial score (nSPS) is 11.2. The monoisotopic (exact) mass is 374 g/mol. The first-order chi connectivity index (χ1) is 11.6. The lowest BCUT2D eigenvalue weighted by molar-refractivity contribution is -0.120. The molecular formula is C16H24Cl2N4O2. The minimum absolute atomic E-state index is 0.108. The molecule has 0 saturated carbocycles. The first-order valence-corrected chi connectivity index (χ1v) is 8.46. The summed E-state index contributed by atoms with van der Waals surface area (Å²) >= 11 is 12.0. The molecule has 0 unspecified atom stereocenters. The van der Waals surface area contributed by atoms with Crippen LogP contribution in [0.3, 0.4) is 0 Å². The Morgan fingerprint density at radius 2 is 2.00 bits per heavy atom. The van der Waals surface area contributed by atoms with Crippen LogP contribution in [0.2, 0.25) is 10.0 Å². The average molecular weight is 375 g/mol. The standard InChI is InChI=1S/C16H24Cl2N4O2/c1-19-16(22-11-15(23)20-8-9-24-2)21-7-3-4-12-5-6-13(17)10-14(12)18/h5-6,10H,3-4,7-9,11H2,1-2H3,(H,20,23)(H2,19,21,22). The predicted octanol–water partition coefficient (Wildman–Crippen LogP) is 1.85. The molecule has 0 fully saturated rings. The summed E-state index contributed by atoms with van der Waals surface area (Å²) in [6.07, 6.45) is 1.71. The smallest absolute Gasteiger partial charge is 0.239 e. The molecule has 1 aromatic carbocycles. The number of ether oxygens (including phenoxy) is 1. The van der Waals surface area contributed by atoms with Crippen molar-refractivity contribution in [2.75, 3.05) is 40.4 Å². The highest BCUT2D eigenvalue weighted by atomic mass is 35.5. The number of hydrogen-bond donors (Lipinski definition) is 3. The van der Waals surface area contributed by atoms with Gasteiger partial charge in [0.25, 0.3) is 0 Å². The van der Waals surface area contributed by atoms with Crippen LogP contribution in [0.1, 0.15) is 12.0 Å². The lowest BCUT2D eigenvalue weighted by atomic mass is 10.1. The molecule has 0 aromatic heterocycles. The molecule has 6 nitrogen and oxygen atoms in total. The number of halogens is 2. The SMILES string of the molecule is CN=C(NCCCc1ccc(Cl)cc1Cl)NCC(=O)NCCOC. The number of nitrogens with one attached hydrogen (secondary N) is 3. The van der Waals surface area contributed by atoms with E-state index in [9.17, 15) is 4.79 Å². The minimum Gasteiger partial charge on any atom is -0.383 e. The van der Waals surface area contributed by atoms with Gasteiger partial charge in [0.1, 0.15) is 0 Å². The van der Waals surface area contributed by atoms with Gasteiger partial charge in [-0.05, 0) is 30.5 Å². The maximum absolute atomic E-state index is 11.6. The number of carbonyl (C=O) groups excluding carboxylic acids is 1. The lowest BCUT2D eigenvalue weighted by Crippen LogP contribution is -2.44. The largest absolute Gasteiger partial charge is 0.383 e. The third-order valence-electron chi connectivity index (χ3n) is 3.20. The molecule has 0 saturated heterocycles. The van der Waals surface area contributed by atoms with Gasteiger partial charge >= 0.3 is 0 Å². The number of methoxy groups -OCH3 is 1. The van der Waals surface area contributed by atoms with E-state index in [0.717, 1.165) is 18.4 Å². The van der Waals surface area contributed by atoms with Crippen molar-refractivity contribution in [1.82, 2.24) is 16.0 Å². The van der Waals surface area contributed by atoms with E-state index in [4.69, 9.17) is 27.9 Å². The van der Waals surface area contributed by atoms with Crippen molar-refractivity contribution in [2.45, 2.75) is 12.8 Å². The molecule has 0 aliphatic rings. The van der Waals surface area contributed by atoms with Gasteiger partial charge in [0.15, 0.2) is 5.96 Å². The molecule has 3 N–H and O–H groups in total. The molecule has 8 heteroatoms. The highest BCUT2D eigenvalue weighted by Gasteiger charge is 2.04. The van der Waals surface area contributed by atoms with E-state index in [0.29, 0.717) is 35.7 Å². The van der Waals surface area contributed by atoms with Crippen molar-refractivity contribution in [1.29, 1.82) is 0 Å². The van der Waals surface area contributed by atoms with Gasteiger partial charge in [-0.3, -0.25) is 9.79 Å². The second-order valence-electron chi connectivity index (χ2n) is 5.03. The van der Waals surface area contributed by atoms with Gasteiger partial charge in [-0.25, -0.2) is 0 Å². The van der Waals surface area contributed by atoms with E-state index in [1.165, 1.54) is 0 Å². The summed E-state index contributed by atoms with van der Waals surface area (Å²) in [6, 6.07) is 5.51. The van der Waals surface area contributed by atoms with E-state index in [-0.39, 0.29) is 12.5 Å². The van der Waals surface area contributed by atoms with E-state index in [1.807, 2.05) is 12.1 Å². The molecule has 1 aromatic rings. The third kappa shape index (κ3) is 8.38. The van der Waals surface area contributed by atoms with Crippen molar-refractivity contribution in [3.8, 4) is 0 Å². The number of aliphatic imine (C=N–C) groups is 1. The Labute approximate surface area is 153 Å². The molecule has 0 aliphatic heterocycles. The third-order valence-corrected chi connectivity index (χ3v) is 3.79. The zero-order valence-electron chi connectivity index (χ0n) is 14.0. The Kier molecular flexibility index (Phi) is 10.2. The molecule has 0 aliphatic carbocycles. The first-order valence-electron chi connectivity index (χ1n) is 7.71. The Morgan fingerprint density at radius 3 is 2.67 bits per heavy atom. The van der Waals surface area contributed by atoms with Crippen LogP contribution in [-0.4, -0.2) is 52.3 Å². The van der Waals surface area contributed by atoms with Crippen LogP contribution in [-0.2, 0) is 16.0 Å². The fraction of sp³-hybridized carbons (Fsp3) is 0.500. The number of carbonyl (C=O) groups is 1. The summed E-state index contributed by atoms with van der Waals surface area (Å²) in [5, 5.41) is 10.2. The minimum atomic E-state index is -0.108. The zero-order valence-corrected chi connectivity index (χ0v) is 15.5. The molecule has 1 rings (SSSR count). The van der Waals surface area contributed by atoms with E-state index < -0.39 is 0 Å². The van der Waals surface area contributed by atoms with Crippen LogP contribution in [0.15, 0.2) is 23.2 Å². The molecule has 24 heavy (non-hydrogen) atoms. The Morgan fingerprint density at radius 1 is 1.21 bits per heavy atom. The van der Waals surface area contributed by atoms with Crippen molar-refractivity contribution in [3.05, 3.63) is 33.8 Å². The van der Waals surface area contributed by atoms with Crippen LogP contribution in [0, 0.1) is 0 Å². The Bertz CT molecular complexity index is 553. The van der Waals surface area contributed by atoms with Crippen molar-refractivity contribution >= 4 is 35.1 Å². The molecule has 0 radical (unpaired) electrons. The summed E-state index contributed by atoms with van der Waals surface area (Å²) < 4.78 is 4.87. The number of nitrogens with zero attached hydrogens (tertiary/aromatic N) is 1. The van der Waals surface area contributed by atoms with Gasteiger partial charge < -0.3 is 20.7 Å². The van der Waals surface area contributed by atoms with E-state index in [2.05, 4.69) is 20.9 Å². The summed E-state index contributed by atoms with van der Waals surface area (Å²) in [5.74, 6) is 0.474. The molecule has 1 amide bonds. The Hall–Kier alpha value is -1.50. The molecule has 0 atom stereocenters. The molecule has 0 bridgehead atoms. The van der Waals surface area contributed by atoms with Gasteiger partial charge in [-0.1, -0.05) is 29.3 Å². The number of guanidine groups is 1. The number of amides is 1. The maximum Gasteiger partial charge on any atom is 0.239 e. The quantitative estimate of drug-likeness (QED) is 0.350. The second-order valence-corrected chi connectivity index (χ2v) is 5.88. The van der Waals surface area contributed by atoms with Gasteiger partial charge in [-0.15, -0.1) is 0 Å². The van der Waals surface area contributed by atoms with Crippen molar-refractivity contribution in [2.24, 2.45) is 4.99 Å². The second kappa shape index (κ2) is 11.9. The molecule has 0 spiro atoms. The van der Waals surface area contributed by atoms with Gasteiger partial charge in [0, 0.05) is 37.3 Å². The van der Waals surface area contributed by atoms with Crippen LogP contribution in [0.5, 0.6) is 0 Å². The highest BCUT2D eigenvalue weighted by Crippen LogP contribution is 2.21. The van der Waals surface area contributed by atoms with Gasteiger partial charge in [0.2, 0.25) is 5.91 Å². The topological polar surface area (TPSA) is 74.8 Å². The first kappa shape index (κ1) is 20.5.